The molecule has 5 heteroatoms. The molecule has 0 saturated heterocycles. The molecule has 0 aliphatic heterocycles. The van der Waals surface area contributed by atoms with Gasteiger partial charge in [0.15, 0.2) is 0 Å². The van der Waals surface area contributed by atoms with Crippen LogP contribution in [0, 0.1) is 12.7 Å². The number of anilines is 2. The highest BCUT2D eigenvalue weighted by atomic mass is 19.1. The average Bonchev–Trinajstić information content (AvgIpc) is 2.33. The number of amides is 1. The molecule has 19 heavy (non-hydrogen) atoms. The van der Waals surface area contributed by atoms with Crippen LogP contribution in [0.25, 0.3) is 0 Å². The number of aryl methyl sites for hydroxylation is 1. The first kappa shape index (κ1) is 12.9. The Labute approximate surface area is 109 Å². The molecule has 2 rings (SSSR count). The monoisotopic (exact) mass is 260 g/mol. The van der Waals surface area contributed by atoms with Gasteiger partial charge in [-0.05, 0) is 48.9 Å². The van der Waals surface area contributed by atoms with Crippen LogP contribution in [-0.4, -0.2) is 11.0 Å². The fourth-order valence-corrected chi connectivity index (χ4v) is 1.65. The zero-order valence-corrected chi connectivity index (χ0v) is 10.3. The molecule has 4 N–H and O–H groups in total. The Kier molecular flexibility index (Phi) is 3.37. The van der Waals surface area contributed by atoms with Gasteiger partial charge in [-0.1, -0.05) is 0 Å². The highest BCUT2D eigenvalue weighted by Gasteiger charge is 2.12. The first-order valence-corrected chi connectivity index (χ1v) is 5.63. The number of halogens is 1. The average molecular weight is 260 g/mol. The first-order valence-electron chi connectivity index (χ1n) is 5.63. The summed E-state index contributed by atoms with van der Waals surface area (Å²) in [4.78, 5) is 11.9. The van der Waals surface area contributed by atoms with Crippen LogP contribution in [0.1, 0.15) is 15.9 Å². The van der Waals surface area contributed by atoms with E-state index >= 15 is 0 Å². The molecule has 0 heterocycles. The molecular weight excluding hydrogens is 247 g/mol. The number of nitrogens with one attached hydrogen (secondary N) is 1. The summed E-state index contributed by atoms with van der Waals surface area (Å²) in [6, 6.07) is 8.48. The summed E-state index contributed by atoms with van der Waals surface area (Å²) in [7, 11) is 0. The van der Waals surface area contributed by atoms with Crippen LogP contribution in [0.3, 0.4) is 0 Å². The predicted molar refractivity (Wildman–Crippen MR) is 71.6 cm³/mol. The number of carbonyl (C=O) groups excluding carboxylic acids is 1. The van der Waals surface area contributed by atoms with Crippen LogP contribution in [-0.2, 0) is 0 Å². The molecule has 0 aromatic heterocycles. The standard InChI is InChI=1S/C14H13FN2O2/c1-8-6-10(3-5-13(8)18)17-14(19)11-4-2-9(16)7-12(11)15/h2-7,18H,16H2,1H3,(H,17,19). The molecule has 0 fully saturated rings. The topological polar surface area (TPSA) is 75.4 Å². The Morgan fingerprint density at radius 2 is 2.00 bits per heavy atom. The van der Waals surface area contributed by atoms with Crippen molar-refractivity contribution in [2.45, 2.75) is 6.92 Å². The third-order valence-corrected chi connectivity index (χ3v) is 2.69. The van der Waals surface area contributed by atoms with E-state index in [9.17, 15) is 14.3 Å². The minimum Gasteiger partial charge on any atom is -0.508 e. The van der Waals surface area contributed by atoms with Gasteiger partial charge in [0.2, 0.25) is 0 Å². The summed E-state index contributed by atoms with van der Waals surface area (Å²) in [5.74, 6) is -1.10. The van der Waals surface area contributed by atoms with Gasteiger partial charge in [0.25, 0.3) is 5.91 Å². The number of phenolic OH excluding ortho intramolecular Hbond substituents is 1. The maximum atomic E-state index is 13.6. The zero-order chi connectivity index (χ0) is 14.0. The lowest BCUT2D eigenvalue weighted by Gasteiger charge is -2.08. The van der Waals surface area contributed by atoms with E-state index in [0.29, 0.717) is 11.3 Å². The molecular formula is C14H13FN2O2. The van der Waals surface area contributed by atoms with Crippen molar-refractivity contribution in [3.63, 3.8) is 0 Å². The van der Waals surface area contributed by atoms with Gasteiger partial charge in [-0.2, -0.15) is 0 Å². The first-order chi connectivity index (χ1) is 8.97. The Morgan fingerprint density at radius 3 is 2.63 bits per heavy atom. The molecule has 0 atom stereocenters. The number of phenols is 1. The van der Waals surface area contributed by atoms with Gasteiger partial charge < -0.3 is 16.2 Å². The van der Waals surface area contributed by atoms with Crippen LogP contribution < -0.4 is 11.1 Å². The van der Waals surface area contributed by atoms with Crippen molar-refractivity contribution in [1.29, 1.82) is 0 Å². The van der Waals surface area contributed by atoms with Crippen LogP contribution >= 0.6 is 0 Å². The lowest BCUT2D eigenvalue weighted by Crippen LogP contribution is -2.14. The second-order valence-electron chi connectivity index (χ2n) is 4.19. The van der Waals surface area contributed by atoms with Crippen molar-refractivity contribution < 1.29 is 14.3 Å². The van der Waals surface area contributed by atoms with E-state index in [2.05, 4.69) is 5.32 Å². The van der Waals surface area contributed by atoms with E-state index in [4.69, 9.17) is 5.73 Å². The second kappa shape index (κ2) is 4.97. The van der Waals surface area contributed by atoms with Crippen molar-refractivity contribution in [1.82, 2.24) is 0 Å². The minimum absolute atomic E-state index is 0.0834. The molecule has 2 aromatic carbocycles. The molecule has 2 aromatic rings. The van der Waals surface area contributed by atoms with Crippen molar-refractivity contribution in [3.8, 4) is 5.75 Å². The van der Waals surface area contributed by atoms with E-state index in [1.54, 1.807) is 13.0 Å². The van der Waals surface area contributed by atoms with Crippen molar-refractivity contribution >= 4 is 17.3 Å². The summed E-state index contributed by atoms with van der Waals surface area (Å²) in [6.45, 7) is 1.70. The molecule has 0 saturated carbocycles. The van der Waals surface area contributed by atoms with E-state index in [1.165, 1.54) is 24.3 Å². The third kappa shape index (κ3) is 2.82. The number of hydrogen-bond acceptors (Lipinski definition) is 3. The van der Waals surface area contributed by atoms with Crippen LogP contribution in [0.15, 0.2) is 36.4 Å². The SMILES string of the molecule is Cc1cc(NC(=O)c2ccc(N)cc2F)ccc1O. The van der Waals surface area contributed by atoms with E-state index in [1.807, 2.05) is 0 Å². The number of hydrogen-bond donors (Lipinski definition) is 3. The fraction of sp³-hybridized carbons (Fsp3) is 0.0714. The molecule has 0 radical (unpaired) electrons. The smallest absolute Gasteiger partial charge is 0.258 e. The number of carbonyl (C=O) groups is 1. The van der Waals surface area contributed by atoms with Crippen molar-refractivity contribution in [2.75, 3.05) is 11.1 Å². The lowest BCUT2D eigenvalue weighted by atomic mass is 10.1. The Bertz CT molecular complexity index is 641. The zero-order valence-electron chi connectivity index (χ0n) is 10.3. The Balaban J connectivity index is 2.23. The maximum absolute atomic E-state index is 13.6. The largest absolute Gasteiger partial charge is 0.508 e. The van der Waals surface area contributed by atoms with E-state index in [0.717, 1.165) is 6.07 Å². The molecule has 0 unspecified atom stereocenters. The summed E-state index contributed by atoms with van der Waals surface area (Å²) in [6.07, 6.45) is 0. The van der Waals surface area contributed by atoms with Gasteiger partial charge in [-0.3, -0.25) is 4.79 Å². The molecule has 0 aliphatic rings. The summed E-state index contributed by atoms with van der Waals surface area (Å²) in [5.41, 5.74) is 6.70. The van der Waals surface area contributed by atoms with Crippen molar-refractivity contribution in [3.05, 3.63) is 53.3 Å². The maximum Gasteiger partial charge on any atom is 0.258 e. The second-order valence-corrected chi connectivity index (χ2v) is 4.19. The highest BCUT2D eigenvalue weighted by Crippen LogP contribution is 2.21. The van der Waals surface area contributed by atoms with Gasteiger partial charge in [-0.25, -0.2) is 4.39 Å². The normalized spacial score (nSPS) is 10.2. The summed E-state index contributed by atoms with van der Waals surface area (Å²) < 4.78 is 13.6. The quantitative estimate of drug-likeness (QED) is 0.574. The molecule has 1 amide bonds. The van der Waals surface area contributed by atoms with Gasteiger partial charge in [0.05, 0.1) is 5.56 Å². The van der Waals surface area contributed by atoms with Gasteiger partial charge in [-0.15, -0.1) is 0 Å². The lowest BCUT2D eigenvalue weighted by molar-refractivity contribution is 0.102. The van der Waals surface area contributed by atoms with Crippen LogP contribution in [0.2, 0.25) is 0 Å². The van der Waals surface area contributed by atoms with Crippen LogP contribution in [0.4, 0.5) is 15.8 Å². The Hall–Kier alpha value is -2.56. The molecule has 98 valence electrons. The van der Waals surface area contributed by atoms with Gasteiger partial charge in [0, 0.05) is 11.4 Å². The van der Waals surface area contributed by atoms with Gasteiger partial charge in [0.1, 0.15) is 11.6 Å². The Morgan fingerprint density at radius 1 is 1.26 bits per heavy atom. The van der Waals surface area contributed by atoms with Crippen molar-refractivity contribution in [2.24, 2.45) is 0 Å². The molecule has 4 nitrogen and oxygen atoms in total. The van der Waals surface area contributed by atoms with E-state index in [-0.39, 0.29) is 17.0 Å². The number of rotatable bonds is 2. The summed E-state index contributed by atoms with van der Waals surface area (Å²) in [5, 5.41) is 11.9. The van der Waals surface area contributed by atoms with Gasteiger partial charge >= 0.3 is 0 Å². The third-order valence-electron chi connectivity index (χ3n) is 2.69. The fourth-order valence-electron chi connectivity index (χ4n) is 1.65. The van der Waals surface area contributed by atoms with Crippen LogP contribution in [0.5, 0.6) is 5.75 Å². The molecule has 0 aliphatic carbocycles. The number of benzene rings is 2. The summed E-state index contributed by atoms with van der Waals surface area (Å²) >= 11 is 0. The predicted octanol–water partition coefficient (Wildman–Crippen LogP) is 2.67. The minimum atomic E-state index is -0.673. The number of nitrogens with two attached hydrogens (primary N) is 1. The number of aromatic hydroxyl groups is 1. The highest BCUT2D eigenvalue weighted by molar-refractivity contribution is 6.04. The van der Waals surface area contributed by atoms with E-state index < -0.39 is 11.7 Å². The molecule has 0 spiro atoms. The molecule has 0 bridgehead atoms. The number of nitrogen functional groups attached to an aromatic ring is 1.